The number of halogens is 2. The summed E-state index contributed by atoms with van der Waals surface area (Å²) in [7, 11) is 0. The molecular formula is C16H13ClFN3O. The smallest absolute Gasteiger partial charge is 0.258 e. The third-order valence-electron chi connectivity index (χ3n) is 3.33. The quantitative estimate of drug-likeness (QED) is 0.805. The van der Waals surface area contributed by atoms with Crippen LogP contribution in [0.3, 0.4) is 0 Å². The lowest BCUT2D eigenvalue weighted by Gasteiger charge is -2.09. The minimum Gasteiger partial charge on any atom is -0.379 e. The number of aryl methyl sites for hydroxylation is 1. The van der Waals surface area contributed by atoms with Crippen LogP contribution in [0, 0.1) is 12.7 Å². The summed E-state index contributed by atoms with van der Waals surface area (Å²) >= 11 is 5.73. The number of benzene rings is 1. The van der Waals surface area contributed by atoms with E-state index in [2.05, 4.69) is 10.3 Å². The minimum atomic E-state index is -0.468. The highest BCUT2D eigenvalue weighted by Gasteiger charge is 2.05. The third kappa shape index (κ3) is 2.80. The van der Waals surface area contributed by atoms with E-state index in [1.807, 2.05) is 19.1 Å². The monoisotopic (exact) mass is 317 g/mol. The maximum absolute atomic E-state index is 13.1. The van der Waals surface area contributed by atoms with Crippen molar-refractivity contribution in [2.45, 2.75) is 13.5 Å². The van der Waals surface area contributed by atoms with Crippen LogP contribution < -0.4 is 10.9 Å². The molecule has 4 nitrogen and oxygen atoms in total. The van der Waals surface area contributed by atoms with Gasteiger partial charge in [0, 0.05) is 17.4 Å². The fourth-order valence-electron chi connectivity index (χ4n) is 2.25. The number of nitrogens with one attached hydrogen (secondary N) is 1. The van der Waals surface area contributed by atoms with Gasteiger partial charge in [0.2, 0.25) is 0 Å². The fourth-order valence-corrected chi connectivity index (χ4v) is 2.43. The van der Waals surface area contributed by atoms with E-state index in [-0.39, 0.29) is 10.6 Å². The molecule has 0 spiro atoms. The van der Waals surface area contributed by atoms with E-state index in [1.165, 1.54) is 18.2 Å². The van der Waals surface area contributed by atoms with E-state index in [4.69, 9.17) is 11.6 Å². The molecule has 3 rings (SSSR count). The Balaban J connectivity index is 1.88. The maximum atomic E-state index is 13.1. The lowest BCUT2D eigenvalue weighted by atomic mass is 10.3. The molecular weight excluding hydrogens is 305 g/mol. The van der Waals surface area contributed by atoms with E-state index in [1.54, 1.807) is 16.5 Å². The second-order valence-corrected chi connectivity index (χ2v) is 5.34. The molecule has 0 aliphatic heterocycles. The number of hydrogen-bond donors (Lipinski definition) is 1. The second-order valence-electron chi connectivity index (χ2n) is 4.93. The number of anilines is 1. The van der Waals surface area contributed by atoms with Crippen molar-refractivity contribution in [1.82, 2.24) is 9.38 Å². The van der Waals surface area contributed by atoms with Gasteiger partial charge >= 0.3 is 0 Å². The summed E-state index contributed by atoms with van der Waals surface area (Å²) < 4.78 is 14.7. The Morgan fingerprint density at radius 2 is 2.09 bits per heavy atom. The van der Waals surface area contributed by atoms with Crippen LogP contribution >= 0.6 is 11.6 Å². The van der Waals surface area contributed by atoms with E-state index in [0.717, 1.165) is 5.69 Å². The molecule has 0 aliphatic carbocycles. The molecule has 2 heterocycles. The Labute approximate surface area is 131 Å². The SMILES string of the molecule is Cc1cccc2nc(CNc3ccc(F)c(Cl)c3)cc(=O)n12. The van der Waals surface area contributed by atoms with Crippen molar-refractivity contribution in [3.63, 3.8) is 0 Å². The van der Waals surface area contributed by atoms with Gasteiger partial charge in [-0.2, -0.15) is 0 Å². The molecule has 112 valence electrons. The molecule has 22 heavy (non-hydrogen) atoms. The number of pyridine rings is 1. The Bertz CT molecular complexity index is 908. The first kappa shape index (κ1) is 14.5. The number of nitrogens with zero attached hydrogens (tertiary/aromatic N) is 2. The first-order valence-electron chi connectivity index (χ1n) is 6.72. The average Bonchev–Trinajstić information content (AvgIpc) is 2.48. The third-order valence-corrected chi connectivity index (χ3v) is 3.62. The second kappa shape index (κ2) is 5.77. The highest BCUT2D eigenvalue weighted by atomic mass is 35.5. The Hall–Kier alpha value is -2.40. The van der Waals surface area contributed by atoms with Crippen molar-refractivity contribution in [1.29, 1.82) is 0 Å². The van der Waals surface area contributed by atoms with Crippen LogP contribution in [0.4, 0.5) is 10.1 Å². The van der Waals surface area contributed by atoms with Crippen LogP contribution in [-0.4, -0.2) is 9.38 Å². The first-order valence-corrected chi connectivity index (χ1v) is 7.09. The highest BCUT2D eigenvalue weighted by molar-refractivity contribution is 6.31. The van der Waals surface area contributed by atoms with Crippen molar-refractivity contribution in [2.24, 2.45) is 0 Å². The molecule has 0 bridgehead atoms. The lowest BCUT2D eigenvalue weighted by Crippen LogP contribution is -2.18. The molecule has 0 saturated carbocycles. The molecule has 6 heteroatoms. The van der Waals surface area contributed by atoms with E-state index >= 15 is 0 Å². The molecule has 0 unspecified atom stereocenters. The van der Waals surface area contributed by atoms with Gasteiger partial charge in [-0.05, 0) is 37.3 Å². The van der Waals surface area contributed by atoms with Gasteiger partial charge < -0.3 is 5.32 Å². The predicted octanol–water partition coefficient (Wildman–Crippen LogP) is 3.41. The Morgan fingerprint density at radius 1 is 1.27 bits per heavy atom. The molecule has 2 aromatic heterocycles. The number of aromatic nitrogens is 2. The molecule has 1 aromatic carbocycles. The average molecular weight is 318 g/mol. The summed E-state index contributed by atoms with van der Waals surface area (Å²) in [5, 5.41) is 3.12. The zero-order chi connectivity index (χ0) is 15.7. The standard InChI is InChI=1S/C16H13ClFN3O/c1-10-3-2-4-15-20-12(8-16(22)21(10)15)9-19-11-5-6-14(18)13(17)7-11/h2-8,19H,9H2,1H3. The molecule has 0 saturated heterocycles. The van der Waals surface area contributed by atoms with E-state index < -0.39 is 5.82 Å². The fraction of sp³-hybridized carbons (Fsp3) is 0.125. The van der Waals surface area contributed by atoms with Gasteiger partial charge in [-0.3, -0.25) is 9.20 Å². The molecule has 0 aliphatic rings. The number of rotatable bonds is 3. The predicted molar refractivity (Wildman–Crippen MR) is 84.9 cm³/mol. The summed E-state index contributed by atoms with van der Waals surface area (Å²) in [5.74, 6) is -0.468. The van der Waals surface area contributed by atoms with Crippen LogP contribution in [0.1, 0.15) is 11.4 Å². The van der Waals surface area contributed by atoms with Crippen LogP contribution in [0.2, 0.25) is 5.02 Å². The summed E-state index contributed by atoms with van der Waals surface area (Å²) in [5.41, 5.74) is 2.58. The zero-order valence-corrected chi connectivity index (χ0v) is 12.6. The van der Waals surface area contributed by atoms with Crippen LogP contribution in [-0.2, 0) is 6.54 Å². The largest absolute Gasteiger partial charge is 0.379 e. The highest BCUT2D eigenvalue weighted by Crippen LogP contribution is 2.19. The summed E-state index contributed by atoms with van der Waals surface area (Å²) in [4.78, 5) is 16.6. The molecule has 0 amide bonds. The zero-order valence-electron chi connectivity index (χ0n) is 11.8. The summed E-state index contributed by atoms with van der Waals surface area (Å²) in [6.45, 7) is 2.20. The van der Waals surface area contributed by atoms with Gasteiger partial charge in [0.1, 0.15) is 11.5 Å². The van der Waals surface area contributed by atoms with Crippen molar-refractivity contribution >= 4 is 22.9 Å². The lowest BCUT2D eigenvalue weighted by molar-refractivity contribution is 0.628. The first-order chi connectivity index (χ1) is 10.5. The van der Waals surface area contributed by atoms with E-state index in [0.29, 0.717) is 23.6 Å². The number of fused-ring (bicyclic) bond motifs is 1. The Kier molecular flexibility index (Phi) is 3.81. The minimum absolute atomic E-state index is 0.0483. The molecule has 3 aromatic rings. The van der Waals surface area contributed by atoms with Gasteiger partial charge in [0.15, 0.2) is 0 Å². The topological polar surface area (TPSA) is 46.4 Å². The Morgan fingerprint density at radius 3 is 2.86 bits per heavy atom. The normalized spacial score (nSPS) is 10.9. The van der Waals surface area contributed by atoms with Gasteiger partial charge in [-0.15, -0.1) is 0 Å². The van der Waals surface area contributed by atoms with Crippen LogP contribution in [0.5, 0.6) is 0 Å². The number of hydrogen-bond acceptors (Lipinski definition) is 3. The van der Waals surface area contributed by atoms with Crippen LogP contribution in [0.25, 0.3) is 5.65 Å². The molecule has 1 N–H and O–H groups in total. The maximum Gasteiger partial charge on any atom is 0.258 e. The molecule has 0 atom stereocenters. The molecule has 0 fully saturated rings. The van der Waals surface area contributed by atoms with Crippen molar-refractivity contribution in [3.8, 4) is 0 Å². The van der Waals surface area contributed by atoms with Gasteiger partial charge in [0.05, 0.1) is 17.3 Å². The van der Waals surface area contributed by atoms with E-state index in [9.17, 15) is 9.18 Å². The summed E-state index contributed by atoms with van der Waals surface area (Å²) in [6, 6.07) is 11.3. The van der Waals surface area contributed by atoms with Crippen molar-refractivity contribution < 1.29 is 4.39 Å². The van der Waals surface area contributed by atoms with Crippen molar-refractivity contribution in [2.75, 3.05) is 5.32 Å². The summed E-state index contributed by atoms with van der Waals surface area (Å²) in [6.07, 6.45) is 0. The van der Waals surface area contributed by atoms with Gasteiger partial charge in [-0.25, -0.2) is 9.37 Å². The molecule has 0 radical (unpaired) electrons. The van der Waals surface area contributed by atoms with Gasteiger partial charge in [-0.1, -0.05) is 17.7 Å². The van der Waals surface area contributed by atoms with Crippen molar-refractivity contribution in [3.05, 3.63) is 75.0 Å². The van der Waals surface area contributed by atoms with Gasteiger partial charge in [0.25, 0.3) is 5.56 Å². The van der Waals surface area contributed by atoms with Crippen LogP contribution in [0.15, 0.2) is 47.3 Å².